The number of benzene rings is 1. The summed E-state index contributed by atoms with van der Waals surface area (Å²) in [7, 11) is 3.14. The Kier molecular flexibility index (Phi) is 6.33. The first kappa shape index (κ1) is 16.9. The minimum Gasteiger partial charge on any atom is -0.497 e. The predicted octanol–water partition coefficient (Wildman–Crippen LogP) is 2.76. The maximum Gasteiger partial charge on any atom is 0.234 e. The van der Waals surface area contributed by atoms with Crippen LogP contribution < -0.4 is 14.8 Å². The number of nitrogens with one attached hydrogen (secondary N) is 1. The highest BCUT2D eigenvalue weighted by molar-refractivity contribution is 8.23. The normalized spacial score (nSPS) is 13.8. The van der Waals surface area contributed by atoms with Gasteiger partial charge in [-0.05, 0) is 25.0 Å². The van der Waals surface area contributed by atoms with Crippen LogP contribution >= 0.6 is 24.0 Å². The molecule has 0 atom stereocenters. The summed E-state index contributed by atoms with van der Waals surface area (Å²) in [4.78, 5) is 14.2. The summed E-state index contributed by atoms with van der Waals surface area (Å²) in [5.41, 5.74) is 0.626. The summed E-state index contributed by atoms with van der Waals surface area (Å²) in [5.74, 6) is 1.44. The molecule has 5 nitrogen and oxygen atoms in total. The number of thiocarbonyl (C=S) groups is 1. The van der Waals surface area contributed by atoms with Crippen LogP contribution in [-0.4, -0.2) is 48.2 Å². The Balaban J connectivity index is 1.87. The van der Waals surface area contributed by atoms with E-state index in [9.17, 15) is 4.79 Å². The summed E-state index contributed by atoms with van der Waals surface area (Å²) >= 11 is 6.75. The molecule has 1 aromatic rings. The van der Waals surface area contributed by atoms with E-state index in [1.807, 2.05) is 0 Å². The van der Waals surface area contributed by atoms with Crippen LogP contribution in [0.3, 0.4) is 0 Å². The van der Waals surface area contributed by atoms with Crippen LogP contribution in [0.15, 0.2) is 18.2 Å². The largest absolute Gasteiger partial charge is 0.497 e. The Hall–Kier alpha value is -1.47. The predicted molar refractivity (Wildman–Crippen MR) is 94.0 cm³/mol. The van der Waals surface area contributed by atoms with Crippen molar-refractivity contribution in [3.05, 3.63) is 18.2 Å². The van der Waals surface area contributed by atoms with E-state index >= 15 is 0 Å². The molecule has 120 valence electrons. The summed E-state index contributed by atoms with van der Waals surface area (Å²) in [6.45, 7) is 2.00. The second-order valence-corrected chi connectivity index (χ2v) is 6.47. The molecule has 0 aromatic heterocycles. The van der Waals surface area contributed by atoms with Crippen molar-refractivity contribution >= 4 is 39.9 Å². The molecule has 1 aliphatic heterocycles. The van der Waals surface area contributed by atoms with Crippen molar-refractivity contribution in [3.63, 3.8) is 0 Å². The van der Waals surface area contributed by atoms with E-state index in [0.29, 0.717) is 22.9 Å². The van der Waals surface area contributed by atoms with E-state index in [2.05, 4.69) is 10.2 Å². The van der Waals surface area contributed by atoms with Crippen LogP contribution in [0.5, 0.6) is 11.5 Å². The molecule has 0 unspecified atom stereocenters. The summed E-state index contributed by atoms with van der Waals surface area (Å²) in [6, 6.07) is 5.27. The molecule has 1 saturated heterocycles. The van der Waals surface area contributed by atoms with E-state index in [0.717, 1.165) is 17.4 Å². The SMILES string of the molecule is COc1ccc(NC(=O)CSC(=S)N2CCCC2)c(OC)c1. The van der Waals surface area contributed by atoms with Gasteiger partial charge in [-0.3, -0.25) is 4.79 Å². The van der Waals surface area contributed by atoms with E-state index in [1.54, 1.807) is 32.4 Å². The van der Waals surface area contributed by atoms with Gasteiger partial charge in [-0.15, -0.1) is 0 Å². The van der Waals surface area contributed by atoms with E-state index in [1.165, 1.54) is 24.6 Å². The topological polar surface area (TPSA) is 50.8 Å². The first-order valence-electron chi connectivity index (χ1n) is 7.07. The van der Waals surface area contributed by atoms with Gasteiger partial charge in [-0.1, -0.05) is 24.0 Å². The average molecular weight is 340 g/mol. The number of hydrogen-bond acceptors (Lipinski definition) is 5. The molecule has 1 aliphatic rings. The number of carbonyl (C=O) groups excluding carboxylic acids is 1. The summed E-state index contributed by atoms with van der Waals surface area (Å²) in [6.07, 6.45) is 2.35. The Labute approximate surface area is 140 Å². The molecule has 7 heteroatoms. The molecular weight excluding hydrogens is 320 g/mol. The standard InChI is InChI=1S/C15H20N2O3S2/c1-19-11-5-6-12(13(9-11)20-2)16-14(18)10-22-15(21)17-7-3-4-8-17/h5-6,9H,3-4,7-8,10H2,1-2H3,(H,16,18). The zero-order valence-corrected chi connectivity index (χ0v) is 14.4. The minimum atomic E-state index is -0.102. The molecule has 1 aromatic carbocycles. The number of ether oxygens (including phenoxy) is 2. The van der Waals surface area contributed by atoms with Crippen molar-refractivity contribution < 1.29 is 14.3 Å². The second-order valence-electron chi connectivity index (χ2n) is 4.86. The molecule has 0 spiro atoms. The summed E-state index contributed by atoms with van der Waals surface area (Å²) < 4.78 is 11.2. The van der Waals surface area contributed by atoms with Gasteiger partial charge in [0.1, 0.15) is 15.8 Å². The molecule has 0 bridgehead atoms. The third kappa shape index (κ3) is 4.51. The lowest BCUT2D eigenvalue weighted by Gasteiger charge is -2.17. The van der Waals surface area contributed by atoms with Crippen molar-refractivity contribution in [2.75, 3.05) is 38.4 Å². The van der Waals surface area contributed by atoms with Gasteiger partial charge in [0.25, 0.3) is 0 Å². The average Bonchev–Trinajstić information content (AvgIpc) is 3.07. The van der Waals surface area contributed by atoms with Gasteiger partial charge in [0, 0.05) is 19.2 Å². The van der Waals surface area contributed by atoms with Crippen molar-refractivity contribution in [1.82, 2.24) is 4.90 Å². The molecule has 1 N–H and O–H groups in total. The zero-order chi connectivity index (χ0) is 15.9. The van der Waals surface area contributed by atoms with Crippen LogP contribution in [-0.2, 0) is 4.79 Å². The van der Waals surface area contributed by atoms with Crippen molar-refractivity contribution in [3.8, 4) is 11.5 Å². The first-order valence-corrected chi connectivity index (χ1v) is 8.47. The van der Waals surface area contributed by atoms with Gasteiger partial charge in [-0.25, -0.2) is 0 Å². The van der Waals surface area contributed by atoms with Gasteiger partial charge in [0.15, 0.2) is 0 Å². The fraction of sp³-hybridized carbons (Fsp3) is 0.467. The van der Waals surface area contributed by atoms with Gasteiger partial charge in [0.05, 0.1) is 25.7 Å². The van der Waals surface area contributed by atoms with Gasteiger partial charge < -0.3 is 19.7 Å². The third-order valence-corrected chi connectivity index (χ3v) is 4.90. The fourth-order valence-electron chi connectivity index (χ4n) is 2.21. The molecule has 0 radical (unpaired) electrons. The Morgan fingerprint density at radius 2 is 2.05 bits per heavy atom. The molecular formula is C15H20N2O3S2. The number of nitrogens with zero attached hydrogens (tertiary/aromatic N) is 1. The van der Waals surface area contributed by atoms with Crippen molar-refractivity contribution in [1.29, 1.82) is 0 Å². The van der Waals surface area contributed by atoms with Gasteiger partial charge >= 0.3 is 0 Å². The second kappa shape index (κ2) is 8.24. The lowest BCUT2D eigenvalue weighted by molar-refractivity contribution is -0.113. The number of carbonyl (C=O) groups is 1. The van der Waals surface area contributed by atoms with Crippen LogP contribution in [0.2, 0.25) is 0 Å². The van der Waals surface area contributed by atoms with Crippen molar-refractivity contribution in [2.45, 2.75) is 12.8 Å². The number of methoxy groups -OCH3 is 2. The highest BCUT2D eigenvalue weighted by Crippen LogP contribution is 2.29. The number of amides is 1. The molecule has 22 heavy (non-hydrogen) atoms. The smallest absolute Gasteiger partial charge is 0.234 e. The number of hydrogen-bond donors (Lipinski definition) is 1. The fourth-order valence-corrected chi connectivity index (χ4v) is 3.26. The number of likely N-dealkylation sites (tertiary alicyclic amines) is 1. The van der Waals surface area contributed by atoms with E-state index in [4.69, 9.17) is 21.7 Å². The number of rotatable bonds is 5. The van der Waals surface area contributed by atoms with Crippen LogP contribution in [0.25, 0.3) is 0 Å². The Bertz CT molecular complexity index is 546. The molecule has 0 saturated carbocycles. The van der Waals surface area contributed by atoms with E-state index < -0.39 is 0 Å². The minimum absolute atomic E-state index is 0.102. The van der Waals surface area contributed by atoms with Crippen LogP contribution in [0, 0.1) is 0 Å². The first-order chi connectivity index (χ1) is 10.6. The highest BCUT2D eigenvalue weighted by Gasteiger charge is 2.16. The summed E-state index contributed by atoms with van der Waals surface area (Å²) in [5, 5.41) is 2.84. The third-order valence-electron chi connectivity index (χ3n) is 3.37. The Morgan fingerprint density at radius 1 is 1.32 bits per heavy atom. The Morgan fingerprint density at radius 3 is 2.68 bits per heavy atom. The highest BCUT2D eigenvalue weighted by atomic mass is 32.2. The molecule has 1 amide bonds. The van der Waals surface area contributed by atoms with Crippen LogP contribution in [0.1, 0.15) is 12.8 Å². The molecule has 2 rings (SSSR count). The van der Waals surface area contributed by atoms with Gasteiger partial charge in [-0.2, -0.15) is 0 Å². The lowest BCUT2D eigenvalue weighted by Crippen LogP contribution is -2.25. The van der Waals surface area contributed by atoms with Gasteiger partial charge in [0.2, 0.25) is 5.91 Å². The zero-order valence-electron chi connectivity index (χ0n) is 12.8. The molecule has 1 fully saturated rings. The number of anilines is 1. The maximum absolute atomic E-state index is 12.1. The van der Waals surface area contributed by atoms with Crippen LogP contribution in [0.4, 0.5) is 5.69 Å². The quantitative estimate of drug-likeness (QED) is 0.832. The maximum atomic E-state index is 12.1. The van der Waals surface area contributed by atoms with Crippen molar-refractivity contribution in [2.24, 2.45) is 0 Å². The lowest BCUT2D eigenvalue weighted by atomic mass is 10.2. The molecule has 0 aliphatic carbocycles. The van der Waals surface area contributed by atoms with E-state index in [-0.39, 0.29) is 5.91 Å². The molecule has 1 heterocycles. The number of thioether (sulfide) groups is 1. The monoisotopic (exact) mass is 340 g/mol.